The van der Waals surface area contributed by atoms with Crippen LogP contribution in [0.25, 0.3) is 11.1 Å². The lowest BCUT2D eigenvalue weighted by Crippen LogP contribution is -2.23. The van der Waals surface area contributed by atoms with E-state index < -0.39 is 5.97 Å². The fourth-order valence-electron chi connectivity index (χ4n) is 9.35. The molecule has 1 aromatic heterocycles. The monoisotopic (exact) mass is 909 g/mol. The lowest BCUT2D eigenvalue weighted by atomic mass is 9.82. The van der Waals surface area contributed by atoms with Gasteiger partial charge in [0.2, 0.25) is 5.91 Å². The minimum Gasteiger partial charge on any atom is -0.497 e. The Kier molecular flexibility index (Phi) is 22.5. The van der Waals surface area contributed by atoms with Gasteiger partial charge < -0.3 is 19.9 Å². The molecule has 1 heterocycles. The van der Waals surface area contributed by atoms with Gasteiger partial charge in [-0.3, -0.25) is 14.3 Å². The van der Waals surface area contributed by atoms with E-state index in [1.165, 1.54) is 102 Å². The number of aromatic nitrogens is 3. The highest BCUT2D eigenvalue weighted by Gasteiger charge is 2.34. The molecule has 1 saturated carbocycles. The van der Waals surface area contributed by atoms with Crippen LogP contribution in [0.5, 0.6) is 11.5 Å². The van der Waals surface area contributed by atoms with Crippen LogP contribution in [-0.4, -0.2) is 45.6 Å². The molecule has 0 radical (unpaired) electrons. The number of benzene rings is 3. The topological polar surface area (TPSA) is 116 Å². The third-order valence-electron chi connectivity index (χ3n) is 13.2. The van der Waals surface area contributed by atoms with Crippen LogP contribution in [0.15, 0.2) is 66.9 Å². The third-order valence-corrected chi connectivity index (χ3v) is 13.2. The molecule has 1 fully saturated rings. The summed E-state index contributed by atoms with van der Waals surface area (Å²) in [6, 6.07) is 18.8. The highest BCUT2D eigenvalue weighted by Crippen LogP contribution is 2.45. The first-order valence-corrected chi connectivity index (χ1v) is 25.6. The van der Waals surface area contributed by atoms with E-state index >= 15 is 4.39 Å². The summed E-state index contributed by atoms with van der Waals surface area (Å²) in [7, 11) is 1.59. The van der Waals surface area contributed by atoms with Crippen molar-refractivity contribution in [2.75, 3.05) is 13.7 Å². The zero-order valence-corrected chi connectivity index (χ0v) is 40.9. The molecule has 362 valence electrons. The van der Waals surface area contributed by atoms with Crippen molar-refractivity contribution in [3.63, 3.8) is 0 Å². The number of aryl methyl sites for hydroxylation is 1. The van der Waals surface area contributed by atoms with E-state index in [1.807, 2.05) is 41.1 Å². The van der Waals surface area contributed by atoms with E-state index in [4.69, 9.17) is 9.47 Å². The number of ether oxygens (including phenoxy) is 2. The maximum absolute atomic E-state index is 15.5. The Hall–Kier alpha value is -4.73. The average molecular weight is 909 g/mol. The van der Waals surface area contributed by atoms with E-state index in [1.54, 1.807) is 19.2 Å². The van der Waals surface area contributed by atoms with Gasteiger partial charge in [0.1, 0.15) is 23.9 Å². The molecular formula is C56H81FN4O5. The van der Waals surface area contributed by atoms with E-state index in [-0.39, 0.29) is 29.5 Å². The molecular weight excluding hydrogens is 828 g/mol. The van der Waals surface area contributed by atoms with Crippen molar-refractivity contribution in [2.24, 2.45) is 11.3 Å². The average Bonchev–Trinajstić information content (AvgIpc) is 4.05. The summed E-state index contributed by atoms with van der Waals surface area (Å²) < 4.78 is 29.2. The number of amides is 1. The summed E-state index contributed by atoms with van der Waals surface area (Å²) in [5.41, 5.74) is 5.08. The van der Waals surface area contributed by atoms with Crippen LogP contribution in [0.3, 0.4) is 0 Å². The molecule has 9 nitrogen and oxygen atoms in total. The quantitative estimate of drug-likeness (QED) is 0.0442. The van der Waals surface area contributed by atoms with Crippen LogP contribution in [0.4, 0.5) is 4.39 Å². The van der Waals surface area contributed by atoms with Crippen molar-refractivity contribution >= 4 is 11.9 Å². The predicted octanol–water partition coefficient (Wildman–Crippen LogP) is 14.0. The summed E-state index contributed by atoms with van der Waals surface area (Å²) in [6.07, 6.45) is 29.1. The number of hydrogen-bond acceptors (Lipinski definition) is 6. The van der Waals surface area contributed by atoms with Gasteiger partial charge in [-0.25, -0.2) is 4.39 Å². The molecule has 2 N–H and O–H groups in total. The lowest BCUT2D eigenvalue weighted by Gasteiger charge is -2.26. The van der Waals surface area contributed by atoms with E-state index in [0.717, 1.165) is 73.0 Å². The molecule has 0 saturated heterocycles. The standard InChI is InChI=1S/C56H81FN4O5/c1-5-6-22-34-58-54(62)27-21-19-17-15-13-11-9-7-8-10-12-14-16-18-20-25-47-40-61(60-59-47)42-56(2,3)39-46-35-43(28-32-50(46)52-37-48(65-4)31-33-53(52)57)41-66-49-26-23-24-45(36-49)51(38-55(63)64)44-29-30-44/h23-24,26,28,31-33,35-37,40,44,51H,5-22,25,27,29-30,34,38-39,41-42H2,1-4H3,(H,58,62)(H,63,64)/t51-/m0/s1. The van der Waals surface area contributed by atoms with Crippen molar-refractivity contribution in [1.82, 2.24) is 20.3 Å². The SMILES string of the molecule is CCCCCNC(=O)CCCCCCCCCCCCCCCCCc1cn(CC(C)(C)Cc2cc(COc3cccc([C@@H](CC(=O)O)C4CC4)c3)ccc2-c2cc(OC)ccc2F)nn1. The molecule has 0 aliphatic heterocycles. The van der Waals surface area contributed by atoms with Crippen molar-refractivity contribution in [2.45, 2.75) is 194 Å². The molecule has 0 bridgehead atoms. The summed E-state index contributed by atoms with van der Waals surface area (Å²) in [4.78, 5) is 23.5. The smallest absolute Gasteiger partial charge is 0.303 e. The van der Waals surface area contributed by atoms with Crippen LogP contribution < -0.4 is 14.8 Å². The molecule has 66 heavy (non-hydrogen) atoms. The molecule has 0 spiro atoms. The molecule has 1 aliphatic rings. The van der Waals surface area contributed by atoms with E-state index in [9.17, 15) is 14.7 Å². The number of halogens is 1. The molecule has 3 aromatic carbocycles. The van der Waals surface area contributed by atoms with E-state index in [2.05, 4.69) is 48.7 Å². The summed E-state index contributed by atoms with van der Waals surface area (Å²) >= 11 is 0. The van der Waals surface area contributed by atoms with Gasteiger partial charge in [0, 0.05) is 31.3 Å². The van der Waals surface area contributed by atoms with Gasteiger partial charge in [-0.05, 0) is 115 Å². The second-order valence-corrected chi connectivity index (χ2v) is 19.8. The first-order chi connectivity index (χ1) is 32.0. The zero-order valence-electron chi connectivity index (χ0n) is 40.9. The second-order valence-electron chi connectivity index (χ2n) is 19.8. The number of nitrogens with one attached hydrogen (secondary N) is 1. The van der Waals surface area contributed by atoms with E-state index in [0.29, 0.717) is 49.0 Å². The summed E-state index contributed by atoms with van der Waals surface area (Å²) in [5.74, 6) is 0.859. The molecule has 1 aliphatic carbocycles. The number of nitrogens with zero attached hydrogens (tertiary/aromatic N) is 3. The molecule has 0 unspecified atom stereocenters. The van der Waals surface area contributed by atoms with Crippen LogP contribution in [-0.2, 0) is 35.6 Å². The van der Waals surface area contributed by atoms with Crippen molar-refractivity contribution in [3.05, 3.63) is 95.1 Å². The van der Waals surface area contributed by atoms with Crippen LogP contribution in [0, 0.1) is 17.2 Å². The van der Waals surface area contributed by atoms with Crippen molar-refractivity contribution < 1.29 is 28.6 Å². The van der Waals surface area contributed by atoms with Crippen molar-refractivity contribution in [3.8, 4) is 22.6 Å². The van der Waals surface area contributed by atoms with Crippen LogP contribution >= 0.6 is 0 Å². The first-order valence-electron chi connectivity index (χ1n) is 25.6. The van der Waals surface area contributed by atoms with Gasteiger partial charge in [0.25, 0.3) is 0 Å². The Morgan fingerprint density at radius 2 is 1.50 bits per heavy atom. The minimum absolute atomic E-state index is 0.00489. The molecule has 1 amide bonds. The maximum Gasteiger partial charge on any atom is 0.303 e. The fourth-order valence-corrected chi connectivity index (χ4v) is 9.35. The normalized spacial score (nSPS) is 13.2. The number of rotatable bonds is 35. The second kappa shape index (κ2) is 28.4. The predicted molar refractivity (Wildman–Crippen MR) is 264 cm³/mol. The molecule has 4 aromatic rings. The Morgan fingerprint density at radius 3 is 2.15 bits per heavy atom. The largest absolute Gasteiger partial charge is 0.497 e. The Morgan fingerprint density at radius 1 is 0.818 bits per heavy atom. The number of carbonyl (C=O) groups excluding carboxylic acids is 1. The maximum atomic E-state index is 15.5. The number of unbranched alkanes of at least 4 members (excludes halogenated alkanes) is 16. The fraction of sp³-hybridized carbons (Fsp3) is 0.607. The van der Waals surface area contributed by atoms with Gasteiger partial charge in [0.15, 0.2) is 0 Å². The van der Waals surface area contributed by atoms with Crippen LogP contribution in [0.2, 0.25) is 0 Å². The Balaban J connectivity index is 1.01. The number of carboxylic acids is 1. The number of methoxy groups -OCH3 is 1. The van der Waals surface area contributed by atoms with Crippen LogP contribution in [0.1, 0.15) is 190 Å². The Bertz CT molecular complexity index is 2040. The Labute approximate surface area is 396 Å². The number of hydrogen-bond donors (Lipinski definition) is 2. The van der Waals surface area contributed by atoms with Gasteiger partial charge in [0.05, 0.1) is 19.2 Å². The molecule has 1 atom stereocenters. The van der Waals surface area contributed by atoms with Gasteiger partial charge in [-0.15, -0.1) is 5.10 Å². The zero-order chi connectivity index (χ0) is 47.0. The number of carboxylic acid groups (broad SMARTS) is 1. The summed E-state index contributed by atoms with van der Waals surface area (Å²) in [5, 5.41) is 21.6. The molecule has 5 rings (SSSR count). The molecule has 10 heteroatoms. The lowest BCUT2D eigenvalue weighted by molar-refractivity contribution is -0.137. The number of carbonyl (C=O) groups is 2. The minimum atomic E-state index is -0.776. The summed E-state index contributed by atoms with van der Waals surface area (Å²) in [6.45, 7) is 8.43. The van der Waals surface area contributed by atoms with Gasteiger partial charge in [-0.1, -0.05) is 153 Å². The van der Waals surface area contributed by atoms with Gasteiger partial charge >= 0.3 is 5.97 Å². The highest BCUT2D eigenvalue weighted by atomic mass is 19.1. The van der Waals surface area contributed by atoms with Gasteiger partial charge in [-0.2, -0.15) is 0 Å². The highest BCUT2D eigenvalue weighted by molar-refractivity contribution is 5.75. The van der Waals surface area contributed by atoms with Crippen molar-refractivity contribution in [1.29, 1.82) is 0 Å². The third kappa shape index (κ3) is 19.2. The number of aliphatic carboxylic acids is 1. The first kappa shape index (κ1) is 52.2.